The van der Waals surface area contributed by atoms with Gasteiger partial charge in [0.05, 0.1) is 15.6 Å². The van der Waals surface area contributed by atoms with Gasteiger partial charge in [-0.2, -0.15) is 0 Å². The average Bonchev–Trinajstić information content (AvgIpc) is 2.99. The van der Waals surface area contributed by atoms with Crippen LogP contribution in [0.3, 0.4) is 0 Å². The molecule has 0 aliphatic heterocycles. The Morgan fingerprint density at radius 2 is 1.94 bits per heavy atom. The Kier molecular flexibility index (Phi) is 3.55. The number of nitrogens with two attached hydrogens (primary N) is 1. The SMILES string of the molecule is NS(=O)(=O)c1ccc(Cl)c(C(=O)NC2CC2)c1Cl. The van der Waals surface area contributed by atoms with E-state index in [0.717, 1.165) is 12.8 Å². The van der Waals surface area contributed by atoms with Crippen LogP contribution in [0, 0.1) is 0 Å². The van der Waals surface area contributed by atoms with Crippen molar-refractivity contribution in [1.29, 1.82) is 0 Å². The molecule has 1 saturated carbocycles. The lowest BCUT2D eigenvalue weighted by Gasteiger charge is -2.10. The maximum Gasteiger partial charge on any atom is 0.254 e. The highest BCUT2D eigenvalue weighted by molar-refractivity contribution is 7.89. The molecule has 0 spiro atoms. The predicted octanol–water partition coefficient (Wildman–Crippen LogP) is 1.53. The quantitative estimate of drug-likeness (QED) is 0.887. The monoisotopic (exact) mass is 308 g/mol. The van der Waals surface area contributed by atoms with Gasteiger partial charge in [-0.25, -0.2) is 13.6 Å². The van der Waals surface area contributed by atoms with Crippen molar-refractivity contribution < 1.29 is 13.2 Å². The average molecular weight is 309 g/mol. The van der Waals surface area contributed by atoms with Gasteiger partial charge in [-0.1, -0.05) is 23.2 Å². The molecule has 98 valence electrons. The molecule has 0 heterocycles. The normalized spacial score (nSPS) is 15.5. The summed E-state index contributed by atoms with van der Waals surface area (Å²) >= 11 is 11.8. The van der Waals surface area contributed by atoms with E-state index in [-0.39, 0.29) is 26.5 Å². The van der Waals surface area contributed by atoms with Crippen molar-refractivity contribution in [3.05, 3.63) is 27.7 Å². The summed E-state index contributed by atoms with van der Waals surface area (Å²) < 4.78 is 22.6. The first-order valence-corrected chi connectivity index (χ1v) is 7.42. The molecule has 0 aromatic heterocycles. The number of benzene rings is 1. The number of halogens is 2. The molecule has 1 amide bonds. The summed E-state index contributed by atoms with van der Waals surface area (Å²) in [5.74, 6) is -0.488. The van der Waals surface area contributed by atoms with Crippen LogP contribution >= 0.6 is 23.2 Å². The largest absolute Gasteiger partial charge is 0.349 e. The van der Waals surface area contributed by atoms with Crippen LogP contribution in [-0.2, 0) is 10.0 Å². The fraction of sp³-hybridized carbons (Fsp3) is 0.300. The molecule has 2 rings (SSSR count). The minimum Gasteiger partial charge on any atom is -0.349 e. The molecule has 1 aromatic rings. The van der Waals surface area contributed by atoms with Gasteiger partial charge >= 0.3 is 0 Å². The van der Waals surface area contributed by atoms with Crippen LogP contribution in [0.5, 0.6) is 0 Å². The first kappa shape index (κ1) is 13.6. The number of nitrogens with one attached hydrogen (secondary N) is 1. The smallest absolute Gasteiger partial charge is 0.254 e. The van der Waals surface area contributed by atoms with Crippen molar-refractivity contribution in [2.75, 3.05) is 0 Å². The summed E-state index contributed by atoms with van der Waals surface area (Å²) in [5, 5.41) is 7.53. The Morgan fingerprint density at radius 1 is 1.33 bits per heavy atom. The third kappa shape index (κ3) is 2.77. The summed E-state index contributed by atoms with van der Waals surface area (Å²) in [6.45, 7) is 0. The van der Waals surface area contributed by atoms with Gasteiger partial charge in [0.2, 0.25) is 10.0 Å². The van der Waals surface area contributed by atoms with Crippen LogP contribution in [0.4, 0.5) is 0 Å². The Morgan fingerprint density at radius 3 is 2.44 bits per heavy atom. The second-order valence-corrected chi connectivity index (χ2v) is 6.34. The molecule has 1 aliphatic rings. The minimum atomic E-state index is -3.99. The molecular weight excluding hydrogens is 299 g/mol. The maximum atomic E-state index is 11.9. The first-order valence-electron chi connectivity index (χ1n) is 5.12. The van der Waals surface area contributed by atoms with Gasteiger partial charge in [0, 0.05) is 6.04 Å². The molecule has 0 atom stereocenters. The van der Waals surface area contributed by atoms with Crippen molar-refractivity contribution in [2.24, 2.45) is 5.14 Å². The number of rotatable bonds is 3. The topological polar surface area (TPSA) is 89.3 Å². The third-order valence-corrected chi connectivity index (χ3v) is 4.27. The fourth-order valence-electron chi connectivity index (χ4n) is 1.45. The fourth-order valence-corrected chi connectivity index (χ4v) is 2.92. The van der Waals surface area contributed by atoms with Gasteiger partial charge in [0.1, 0.15) is 4.90 Å². The van der Waals surface area contributed by atoms with E-state index in [1.54, 1.807) is 0 Å². The number of primary sulfonamides is 1. The van der Waals surface area contributed by atoms with E-state index >= 15 is 0 Å². The Hall–Kier alpha value is -0.820. The van der Waals surface area contributed by atoms with Crippen molar-refractivity contribution in [3.63, 3.8) is 0 Å². The van der Waals surface area contributed by atoms with Gasteiger partial charge in [-0.05, 0) is 25.0 Å². The van der Waals surface area contributed by atoms with Crippen LogP contribution in [-0.4, -0.2) is 20.4 Å². The molecule has 0 bridgehead atoms. The highest BCUT2D eigenvalue weighted by Gasteiger charge is 2.28. The van der Waals surface area contributed by atoms with Crippen LogP contribution in [0.15, 0.2) is 17.0 Å². The number of carbonyl (C=O) groups excluding carboxylic acids is 1. The van der Waals surface area contributed by atoms with E-state index in [9.17, 15) is 13.2 Å². The minimum absolute atomic E-state index is 0.0586. The number of carbonyl (C=O) groups is 1. The standard InChI is InChI=1S/C10H10Cl2N2O3S/c11-6-3-4-7(18(13,16)17)9(12)8(6)10(15)14-5-1-2-5/h3-5H,1-2H2,(H,14,15)(H2,13,16,17). The van der Waals surface area contributed by atoms with E-state index < -0.39 is 15.9 Å². The van der Waals surface area contributed by atoms with E-state index in [4.69, 9.17) is 28.3 Å². The highest BCUT2D eigenvalue weighted by atomic mass is 35.5. The van der Waals surface area contributed by atoms with Crippen molar-refractivity contribution in [1.82, 2.24) is 5.32 Å². The number of hydrogen-bond donors (Lipinski definition) is 2. The molecule has 0 radical (unpaired) electrons. The van der Waals surface area contributed by atoms with E-state index in [2.05, 4.69) is 5.32 Å². The lowest BCUT2D eigenvalue weighted by Crippen LogP contribution is -2.26. The molecule has 18 heavy (non-hydrogen) atoms. The zero-order valence-electron chi connectivity index (χ0n) is 9.11. The Balaban J connectivity index is 2.48. The van der Waals surface area contributed by atoms with E-state index in [0.29, 0.717) is 0 Å². The number of sulfonamides is 1. The summed E-state index contributed by atoms with van der Waals surface area (Å²) in [5.41, 5.74) is -0.0586. The first-order chi connectivity index (χ1) is 8.30. The van der Waals surface area contributed by atoms with Gasteiger partial charge < -0.3 is 5.32 Å². The molecule has 0 saturated heterocycles. The number of hydrogen-bond acceptors (Lipinski definition) is 3. The lowest BCUT2D eigenvalue weighted by atomic mass is 10.2. The van der Waals surface area contributed by atoms with Crippen LogP contribution in [0.1, 0.15) is 23.2 Å². The molecule has 1 aliphatic carbocycles. The van der Waals surface area contributed by atoms with E-state index in [1.165, 1.54) is 12.1 Å². The second kappa shape index (κ2) is 4.70. The van der Waals surface area contributed by atoms with Crippen molar-refractivity contribution in [2.45, 2.75) is 23.8 Å². The second-order valence-electron chi connectivity index (χ2n) is 4.03. The summed E-state index contributed by atoms with van der Waals surface area (Å²) in [4.78, 5) is 11.6. The molecule has 1 fully saturated rings. The molecule has 3 N–H and O–H groups in total. The van der Waals surface area contributed by atoms with E-state index in [1.807, 2.05) is 0 Å². The van der Waals surface area contributed by atoms with Gasteiger partial charge in [0.25, 0.3) is 5.91 Å². The van der Waals surface area contributed by atoms with Crippen LogP contribution in [0.25, 0.3) is 0 Å². The molecule has 5 nitrogen and oxygen atoms in total. The summed E-state index contributed by atoms with van der Waals surface area (Å²) in [6, 6.07) is 2.57. The van der Waals surface area contributed by atoms with Gasteiger partial charge in [0.15, 0.2) is 0 Å². The van der Waals surface area contributed by atoms with Crippen LogP contribution < -0.4 is 10.5 Å². The number of amides is 1. The third-order valence-electron chi connectivity index (χ3n) is 2.50. The maximum absolute atomic E-state index is 11.9. The van der Waals surface area contributed by atoms with Gasteiger partial charge in [-0.15, -0.1) is 0 Å². The Labute approximate surface area is 114 Å². The Bertz CT molecular complexity index is 612. The zero-order valence-corrected chi connectivity index (χ0v) is 11.4. The molecule has 8 heteroatoms. The lowest BCUT2D eigenvalue weighted by molar-refractivity contribution is 0.0951. The molecule has 1 aromatic carbocycles. The van der Waals surface area contributed by atoms with Crippen molar-refractivity contribution in [3.8, 4) is 0 Å². The predicted molar refractivity (Wildman–Crippen MR) is 68.3 cm³/mol. The molecular formula is C10H10Cl2N2O3S. The molecule has 0 unspecified atom stereocenters. The summed E-state index contributed by atoms with van der Waals surface area (Å²) in [7, 11) is -3.99. The van der Waals surface area contributed by atoms with Gasteiger partial charge in [-0.3, -0.25) is 4.79 Å². The van der Waals surface area contributed by atoms with Crippen molar-refractivity contribution >= 4 is 39.1 Å². The van der Waals surface area contributed by atoms with Crippen LogP contribution in [0.2, 0.25) is 10.0 Å². The summed E-state index contributed by atoms with van der Waals surface area (Å²) in [6.07, 6.45) is 1.80. The zero-order chi connectivity index (χ0) is 13.5. The highest BCUT2D eigenvalue weighted by Crippen LogP contribution is 2.31.